The van der Waals surface area contributed by atoms with Gasteiger partial charge in [0.25, 0.3) is 0 Å². The van der Waals surface area contributed by atoms with Crippen LogP contribution in [0.2, 0.25) is 0 Å². The molecule has 1 aliphatic rings. The summed E-state index contributed by atoms with van der Waals surface area (Å²) in [6, 6.07) is 15.9. The first-order valence-electron chi connectivity index (χ1n) is 9.64. The van der Waals surface area contributed by atoms with Crippen molar-refractivity contribution in [2.75, 3.05) is 20.8 Å². The third-order valence-electron chi connectivity index (χ3n) is 5.80. The zero-order valence-electron chi connectivity index (χ0n) is 16.4. The predicted molar refractivity (Wildman–Crippen MR) is 110 cm³/mol. The summed E-state index contributed by atoms with van der Waals surface area (Å²) in [4.78, 5) is 4.76. The van der Waals surface area contributed by atoms with Crippen LogP contribution in [-0.4, -0.2) is 35.5 Å². The third kappa shape index (κ3) is 3.16. The molecule has 2 aromatic carbocycles. The van der Waals surface area contributed by atoms with Crippen molar-refractivity contribution in [3.8, 4) is 34.0 Å². The fraction of sp³-hybridized carbons (Fsp3) is 0.348. The lowest BCUT2D eigenvalue weighted by Crippen LogP contribution is -2.37. The number of aliphatic hydroxyl groups is 1. The molecule has 146 valence electrons. The zero-order valence-corrected chi connectivity index (χ0v) is 16.4. The normalized spacial score (nSPS) is 15.1. The Morgan fingerprint density at radius 1 is 1.00 bits per heavy atom. The Kier molecular flexibility index (Phi) is 5.09. The molecule has 0 amide bonds. The quantitative estimate of drug-likeness (QED) is 0.662. The molecule has 0 saturated heterocycles. The largest absolute Gasteiger partial charge is 0.496 e. The molecule has 1 saturated carbocycles. The highest BCUT2D eigenvalue weighted by Gasteiger charge is 2.38. The smallest absolute Gasteiger partial charge is 0.132 e. The molecular formula is C23H26N2O3. The molecule has 1 N–H and O–H groups in total. The number of hydrogen-bond acceptors (Lipinski definition) is 4. The number of aliphatic hydroxyl groups excluding tert-OH is 1. The summed E-state index contributed by atoms with van der Waals surface area (Å²) in [6.45, 7) is 0.911. The summed E-state index contributed by atoms with van der Waals surface area (Å²) in [5.41, 5.74) is 3.70. The standard InChI is InChI=1S/C23H26N2O3/c1-27-18-10-6-11-19(28-2)20(18)22-21(17-8-4-3-5-9-17)24-16-25(22)14-23(15-26)12-7-13-23/h3-6,8-11,16,26H,7,12-15H2,1-2H3. The number of benzene rings is 2. The summed E-state index contributed by atoms with van der Waals surface area (Å²) < 4.78 is 13.5. The minimum absolute atomic E-state index is 0.0708. The van der Waals surface area contributed by atoms with E-state index in [0.29, 0.717) is 0 Å². The summed E-state index contributed by atoms with van der Waals surface area (Å²) in [7, 11) is 3.34. The van der Waals surface area contributed by atoms with E-state index in [1.807, 2.05) is 42.7 Å². The van der Waals surface area contributed by atoms with Crippen LogP contribution >= 0.6 is 0 Å². The molecule has 28 heavy (non-hydrogen) atoms. The molecule has 0 spiro atoms. The maximum absolute atomic E-state index is 10.0. The van der Waals surface area contributed by atoms with Gasteiger partial charge in [0.1, 0.15) is 11.5 Å². The van der Waals surface area contributed by atoms with Gasteiger partial charge in [0.05, 0.1) is 44.1 Å². The minimum Gasteiger partial charge on any atom is -0.496 e. The zero-order chi connectivity index (χ0) is 19.6. The molecule has 1 aliphatic carbocycles. The van der Waals surface area contributed by atoms with Crippen LogP contribution in [0.3, 0.4) is 0 Å². The number of rotatable bonds is 7. The molecule has 5 nitrogen and oxygen atoms in total. The maximum Gasteiger partial charge on any atom is 0.132 e. The van der Waals surface area contributed by atoms with Crippen LogP contribution in [0.1, 0.15) is 19.3 Å². The molecule has 1 aromatic heterocycles. The Bertz CT molecular complexity index is 918. The Morgan fingerprint density at radius 3 is 2.21 bits per heavy atom. The summed E-state index contributed by atoms with van der Waals surface area (Å²) >= 11 is 0. The third-order valence-corrected chi connectivity index (χ3v) is 5.80. The van der Waals surface area contributed by atoms with Gasteiger partial charge in [0, 0.05) is 17.5 Å². The number of nitrogens with zero attached hydrogens (tertiary/aromatic N) is 2. The second kappa shape index (κ2) is 7.68. The Labute approximate surface area is 165 Å². The van der Waals surface area contributed by atoms with Crippen LogP contribution in [0.4, 0.5) is 0 Å². The molecule has 0 bridgehead atoms. The van der Waals surface area contributed by atoms with E-state index in [1.54, 1.807) is 14.2 Å². The van der Waals surface area contributed by atoms with Crippen molar-refractivity contribution in [1.82, 2.24) is 9.55 Å². The molecule has 0 unspecified atom stereocenters. The highest BCUT2D eigenvalue weighted by Crippen LogP contribution is 2.46. The average Bonchev–Trinajstić information content (AvgIpc) is 3.13. The monoisotopic (exact) mass is 378 g/mol. The van der Waals surface area contributed by atoms with Crippen LogP contribution in [-0.2, 0) is 6.54 Å². The minimum atomic E-state index is -0.0708. The highest BCUT2D eigenvalue weighted by atomic mass is 16.5. The van der Waals surface area contributed by atoms with E-state index in [2.05, 4.69) is 16.7 Å². The topological polar surface area (TPSA) is 56.5 Å². The molecule has 1 fully saturated rings. The molecule has 0 aliphatic heterocycles. The van der Waals surface area contributed by atoms with E-state index >= 15 is 0 Å². The van der Waals surface area contributed by atoms with E-state index in [9.17, 15) is 5.11 Å². The van der Waals surface area contributed by atoms with Crippen molar-refractivity contribution in [2.45, 2.75) is 25.8 Å². The van der Waals surface area contributed by atoms with Gasteiger partial charge in [-0.2, -0.15) is 0 Å². The molecule has 0 atom stereocenters. The molecular weight excluding hydrogens is 352 g/mol. The summed E-state index contributed by atoms with van der Waals surface area (Å²) in [5.74, 6) is 1.48. The summed E-state index contributed by atoms with van der Waals surface area (Å²) in [5, 5.41) is 10.0. The van der Waals surface area contributed by atoms with Crippen LogP contribution in [0, 0.1) is 5.41 Å². The predicted octanol–water partition coefficient (Wildman–Crippen LogP) is 4.40. The lowest BCUT2D eigenvalue weighted by atomic mass is 9.69. The fourth-order valence-corrected chi connectivity index (χ4v) is 4.06. The Balaban J connectivity index is 1.92. The lowest BCUT2D eigenvalue weighted by molar-refractivity contribution is 0.0280. The van der Waals surface area contributed by atoms with Crippen molar-refractivity contribution < 1.29 is 14.6 Å². The molecule has 3 aromatic rings. The van der Waals surface area contributed by atoms with Crippen LogP contribution in [0.25, 0.3) is 22.5 Å². The maximum atomic E-state index is 10.0. The SMILES string of the molecule is COc1cccc(OC)c1-c1c(-c2ccccc2)ncn1CC1(CO)CCC1. The molecule has 1 heterocycles. The Hall–Kier alpha value is -2.79. The number of imidazole rings is 1. The van der Waals surface area contributed by atoms with Crippen LogP contribution in [0.5, 0.6) is 11.5 Å². The molecule has 5 heteroatoms. The van der Waals surface area contributed by atoms with E-state index in [1.165, 1.54) is 0 Å². The Morgan fingerprint density at radius 2 is 1.68 bits per heavy atom. The second-order valence-electron chi connectivity index (χ2n) is 7.48. The van der Waals surface area contributed by atoms with Gasteiger partial charge in [-0.05, 0) is 25.0 Å². The van der Waals surface area contributed by atoms with Gasteiger partial charge >= 0.3 is 0 Å². The number of ether oxygens (including phenoxy) is 2. The van der Waals surface area contributed by atoms with Gasteiger partial charge in [0.2, 0.25) is 0 Å². The van der Waals surface area contributed by atoms with Crippen molar-refractivity contribution in [3.63, 3.8) is 0 Å². The first-order chi connectivity index (χ1) is 13.7. The first kappa shape index (κ1) is 18.6. The van der Waals surface area contributed by atoms with Crippen molar-refractivity contribution in [1.29, 1.82) is 0 Å². The lowest BCUT2D eigenvalue weighted by Gasteiger charge is -2.40. The molecule has 0 radical (unpaired) electrons. The van der Waals surface area contributed by atoms with E-state index in [4.69, 9.17) is 14.5 Å². The van der Waals surface area contributed by atoms with E-state index in [0.717, 1.165) is 59.8 Å². The van der Waals surface area contributed by atoms with Crippen LogP contribution < -0.4 is 9.47 Å². The molecule has 4 rings (SSSR count). The highest BCUT2D eigenvalue weighted by molar-refractivity contribution is 5.85. The summed E-state index contributed by atoms with van der Waals surface area (Å²) in [6.07, 6.45) is 5.10. The first-order valence-corrected chi connectivity index (χ1v) is 9.64. The van der Waals surface area contributed by atoms with Gasteiger partial charge in [-0.25, -0.2) is 4.98 Å². The van der Waals surface area contributed by atoms with Gasteiger partial charge in [-0.3, -0.25) is 0 Å². The van der Waals surface area contributed by atoms with Gasteiger partial charge in [-0.1, -0.05) is 42.8 Å². The second-order valence-corrected chi connectivity index (χ2v) is 7.48. The van der Waals surface area contributed by atoms with Crippen molar-refractivity contribution in [3.05, 3.63) is 54.9 Å². The number of hydrogen-bond donors (Lipinski definition) is 1. The van der Waals surface area contributed by atoms with E-state index < -0.39 is 0 Å². The average molecular weight is 378 g/mol. The van der Waals surface area contributed by atoms with Crippen molar-refractivity contribution in [2.24, 2.45) is 5.41 Å². The fourth-order valence-electron chi connectivity index (χ4n) is 4.06. The van der Waals surface area contributed by atoms with Gasteiger partial charge < -0.3 is 19.1 Å². The van der Waals surface area contributed by atoms with Crippen LogP contribution in [0.15, 0.2) is 54.9 Å². The van der Waals surface area contributed by atoms with E-state index in [-0.39, 0.29) is 12.0 Å². The number of methoxy groups -OCH3 is 2. The number of aromatic nitrogens is 2. The van der Waals surface area contributed by atoms with Crippen molar-refractivity contribution >= 4 is 0 Å². The van der Waals surface area contributed by atoms with Gasteiger partial charge in [0.15, 0.2) is 0 Å². The van der Waals surface area contributed by atoms with Gasteiger partial charge in [-0.15, -0.1) is 0 Å².